The number of aromatic nitrogens is 5. The third-order valence-corrected chi connectivity index (χ3v) is 5.57. The van der Waals surface area contributed by atoms with Gasteiger partial charge >= 0.3 is 5.76 Å². The molecule has 1 aliphatic carbocycles. The summed E-state index contributed by atoms with van der Waals surface area (Å²) >= 11 is 5.93. The zero-order valence-electron chi connectivity index (χ0n) is 15.2. The van der Waals surface area contributed by atoms with Gasteiger partial charge in [0.25, 0.3) is 5.56 Å². The Hall–Kier alpha value is -3.26. The first kappa shape index (κ1) is 17.8. The summed E-state index contributed by atoms with van der Waals surface area (Å²) in [7, 11) is 0. The van der Waals surface area contributed by atoms with Gasteiger partial charge in [-0.1, -0.05) is 23.7 Å². The average Bonchev–Trinajstić information content (AvgIpc) is 3.04. The fourth-order valence-electron chi connectivity index (χ4n) is 3.68. The monoisotopic (exact) mass is 409 g/mol. The Bertz CT molecular complexity index is 1300. The van der Waals surface area contributed by atoms with E-state index in [9.17, 15) is 9.59 Å². The van der Waals surface area contributed by atoms with Crippen molar-refractivity contribution in [3.8, 4) is 0 Å². The maximum Gasteiger partial charge on any atom is 0.437 e. The van der Waals surface area contributed by atoms with Gasteiger partial charge in [0.1, 0.15) is 6.54 Å². The predicted molar refractivity (Wildman–Crippen MR) is 106 cm³/mol. The molecule has 5 rings (SSSR count). The van der Waals surface area contributed by atoms with Gasteiger partial charge in [-0.3, -0.25) is 9.78 Å². The number of benzene rings is 1. The second-order valence-electron chi connectivity index (χ2n) is 7.12. The van der Waals surface area contributed by atoms with E-state index in [4.69, 9.17) is 16.0 Å². The van der Waals surface area contributed by atoms with Crippen molar-refractivity contribution in [2.24, 2.45) is 0 Å². The van der Waals surface area contributed by atoms with Gasteiger partial charge in [-0.15, -0.1) is 5.10 Å². The third-order valence-electron chi connectivity index (χ3n) is 5.32. The summed E-state index contributed by atoms with van der Waals surface area (Å²) in [4.78, 5) is 28.9. The predicted octanol–water partition coefficient (Wildman–Crippen LogP) is 2.76. The van der Waals surface area contributed by atoms with E-state index in [-0.39, 0.29) is 24.0 Å². The average molecular weight is 410 g/mol. The normalized spacial score (nSPS) is 18.7. The summed E-state index contributed by atoms with van der Waals surface area (Å²) in [6.45, 7) is -0.0146. The maximum atomic E-state index is 12.5. The van der Waals surface area contributed by atoms with E-state index in [0.717, 1.165) is 12.8 Å². The first-order valence-electron chi connectivity index (χ1n) is 9.23. The number of hydrogen-bond donors (Lipinski definition) is 0. The van der Waals surface area contributed by atoms with Crippen LogP contribution >= 0.6 is 11.6 Å². The van der Waals surface area contributed by atoms with E-state index in [1.807, 2.05) is 24.3 Å². The van der Waals surface area contributed by atoms with Crippen molar-refractivity contribution >= 4 is 22.5 Å². The van der Waals surface area contributed by atoms with Crippen molar-refractivity contribution in [1.82, 2.24) is 24.5 Å². The van der Waals surface area contributed by atoms with Gasteiger partial charge in [0.15, 0.2) is 0 Å². The first-order chi connectivity index (χ1) is 14.1. The summed E-state index contributed by atoms with van der Waals surface area (Å²) in [6.07, 6.45) is 4.71. The van der Waals surface area contributed by atoms with E-state index < -0.39 is 5.76 Å². The lowest BCUT2D eigenvalue weighted by Gasteiger charge is -2.34. The van der Waals surface area contributed by atoms with E-state index in [0.29, 0.717) is 21.8 Å². The molecule has 9 heteroatoms. The van der Waals surface area contributed by atoms with Gasteiger partial charge in [-0.2, -0.15) is 9.78 Å². The van der Waals surface area contributed by atoms with Gasteiger partial charge in [0, 0.05) is 11.2 Å². The second kappa shape index (κ2) is 6.97. The van der Waals surface area contributed by atoms with E-state index >= 15 is 0 Å². The molecule has 0 radical (unpaired) electrons. The summed E-state index contributed by atoms with van der Waals surface area (Å²) in [5.74, 6) is -0.000523. The van der Waals surface area contributed by atoms with Crippen LogP contribution in [-0.4, -0.2) is 24.5 Å². The van der Waals surface area contributed by atoms with Crippen molar-refractivity contribution in [2.75, 3.05) is 0 Å². The van der Waals surface area contributed by atoms with Crippen LogP contribution in [0.3, 0.4) is 0 Å². The zero-order valence-corrected chi connectivity index (χ0v) is 16.0. The molecule has 4 aromatic rings. The Kier molecular flexibility index (Phi) is 4.28. The molecule has 0 atom stereocenters. The third kappa shape index (κ3) is 3.25. The zero-order chi connectivity index (χ0) is 20.0. The van der Waals surface area contributed by atoms with E-state index in [1.165, 1.54) is 21.1 Å². The fraction of sp³-hybridized carbons (Fsp3) is 0.250. The lowest BCUT2D eigenvalue weighted by molar-refractivity contribution is 0.233. The standard InChI is InChI=1S/C20H16ClN5O3/c21-14-5-3-12(4-6-14)13-8-15(9-13)26-20(28)29-18(24-26)11-25-19(27)16-2-1-7-22-17(16)10-23-25/h1-7,10,13,15H,8-9,11H2. The molecule has 1 aliphatic rings. The highest BCUT2D eigenvalue weighted by atomic mass is 35.5. The summed E-state index contributed by atoms with van der Waals surface area (Å²) < 4.78 is 7.85. The minimum atomic E-state index is -0.518. The molecule has 0 aliphatic heterocycles. The number of pyridine rings is 1. The summed E-state index contributed by atoms with van der Waals surface area (Å²) in [5, 5.41) is 9.55. The van der Waals surface area contributed by atoms with Gasteiger partial charge < -0.3 is 4.42 Å². The molecule has 0 saturated heterocycles. The van der Waals surface area contributed by atoms with Crippen molar-refractivity contribution in [2.45, 2.75) is 31.3 Å². The smallest absolute Gasteiger partial charge is 0.390 e. The largest absolute Gasteiger partial charge is 0.437 e. The molecule has 8 nitrogen and oxygen atoms in total. The molecule has 146 valence electrons. The maximum absolute atomic E-state index is 12.5. The lowest BCUT2D eigenvalue weighted by atomic mass is 9.76. The summed E-state index contributed by atoms with van der Waals surface area (Å²) in [5.41, 5.74) is 1.41. The van der Waals surface area contributed by atoms with Crippen LogP contribution in [0.25, 0.3) is 10.9 Å². The topological polar surface area (TPSA) is 95.8 Å². The highest BCUT2D eigenvalue weighted by Gasteiger charge is 2.34. The molecule has 3 heterocycles. The molecule has 0 spiro atoms. The van der Waals surface area contributed by atoms with Crippen LogP contribution in [0.4, 0.5) is 0 Å². The van der Waals surface area contributed by atoms with Crippen molar-refractivity contribution < 1.29 is 4.42 Å². The quantitative estimate of drug-likeness (QED) is 0.514. The lowest BCUT2D eigenvalue weighted by Crippen LogP contribution is -2.31. The fourth-order valence-corrected chi connectivity index (χ4v) is 3.80. The van der Waals surface area contributed by atoms with Gasteiger partial charge in [0.05, 0.1) is 23.1 Å². The highest BCUT2D eigenvalue weighted by Crippen LogP contribution is 2.43. The summed E-state index contributed by atoms with van der Waals surface area (Å²) in [6, 6.07) is 11.1. The SMILES string of the molecule is O=c1c2cccnc2cnn1Cc1nn(C2CC(c3ccc(Cl)cc3)C2)c(=O)o1. The van der Waals surface area contributed by atoms with Crippen LogP contribution in [0.1, 0.15) is 36.3 Å². The molecule has 0 bridgehead atoms. The van der Waals surface area contributed by atoms with Gasteiger partial charge in [-0.05, 0) is 48.6 Å². The molecule has 1 aromatic carbocycles. The number of rotatable bonds is 4. The van der Waals surface area contributed by atoms with Crippen LogP contribution < -0.4 is 11.3 Å². The van der Waals surface area contributed by atoms with Gasteiger partial charge in [0.2, 0.25) is 5.89 Å². The molecule has 1 saturated carbocycles. The van der Waals surface area contributed by atoms with Crippen molar-refractivity contribution in [1.29, 1.82) is 0 Å². The van der Waals surface area contributed by atoms with Crippen LogP contribution in [0.15, 0.2) is 62.8 Å². The molecule has 0 unspecified atom stereocenters. The number of hydrogen-bond acceptors (Lipinski definition) is 6. The minimum Gasteiger partial charge on any atom is -0.390 e. The highest BCUT2D eigenvalue weighted by molar-refractivity contribution is 6.30. The van der Waals surface area contributed by atoms with Crippen LogP contribution in [0.2, 0.25) is 5.02 Å². The minimum absolute atomic E-state index is 0.0146. The molecule has 1 fully saturated rings. The first-order valence-corrected chi connectivity index (χ1v) is 9.61. The van der Waals surface area contributed by atoms with Crippen molar-refractivity contribution in [3.05, 3.63) is 86.2 Å². The molecular weight excluding hydrogens is 394 g/mol. The number of fused-ring (bicyclic) bond motifs is 1. The Morgan fingerprint density at radius 2 is 1.93 bits per heavy atom. The van der Waals surface area contributed by atoms with Gasteiger partial charge in [-0.25, -0.2) is 9.48 Å². The number of nitrogens with zero attached hydrogens (tertiary/aromatic N) is 5. The molecule has 29 heavy (non-hydrogen) atoms. The molecular formula is C20H16ClN5O3. The molecule has 0 N–H and O–H groups in total. The van der Waals surface area contributed by atoms with Crippen molar-refractivity contribution in [3.63, 3.8) is 0 Å². The van der Waals surface area contributed by atoms with E-state index in [2.05, 4.69) is 15.2 Å². The Morgan fingerprint density at radius 3 is 2.72 bits per heavy atom. The Balaban J connectivity index is 1.34. The van der Waals surface area contributed by atoms with E-state index in [1.54, 1.807) is 18.3 Å². The van der Waals surface area contributed by atoms with Crippen LogP contribution in [0.5, 0.6) is 0 Å². The molecule has 3 aromatic heterocycles. The van der Waals surface area contributed by atoms with Crippen LogP contribution in [0, 0.1) is 0 Å². The van der Waals surface area contributed by atoms with Crippen LogP contribution in [-0.2, 0) is 6.54 Å². The number of halogens is 1. The Labute approximate surface area is 169 Å². The Morgan fingerprint density at radius 1 is 1.14 bits per heavy atom. The molecule has 0 amide bonds. The second-order valence-corrected chi connectivity index (χ2v) is 7.56.